The van der Waals surface area contributed by atoms with Crippen molar-refractivity contribution in [2.75, 3.05) is 6.54 Å². The van der Waals surface area contributed by atoms with E-state index >= 15 is 0 Å². The Kier molecular flexibility index (Phi) is 6.73. The summed E-state index contributed by atoms with van der Waals surface area (Å²) in [5.74, 6) is 0.650. The van der Waals surface area contributed by atoms with Crippen LogP contribution in [0.25, 0.3) is 0 Å². The second-order valence-corrected chi connectivity index (χ2v) is 6.20. The zero-order valence-corrected chi connectivity index (χ0v) is 15.5. The third-order valence-electron chi connectivity index (χ3n) is 3.42. The molecule has 134 valence electrons. The summed E-state index contributed by atoms with van der Waals surface area (Å²) in [6, 6.07) is 8.49. The van der Waals surface area contributed by atoms with Crippen molar-refractivity contribution >= 4 is 35.1 Å². The molecule has 25 heavy (non-hydrogen) atoms. The van der Waals surface area contributed by atoms with Crippen molar-refractivity contribution in [3.8, 4) is 0 Å². The fourth-order valence-electron chi connectivity index (χ4n) is 2.21. The molecule has 1 atom stereocenters. The van der Waals surface area contributed by atoms with Crippen LogP contribution < -0.4 is 16.4 Å². The van der Waals surface area contributed by atoms with Gasteiger partial charge in [0.05, 0.1) is 6.04 Å². The molecule has 6 nitrogen and oxygen atoms in total. The fraction of sp³-hybridized carbons (Fsp3) is 0.294. The first kappa shape index (κ1) is 19.1. The highest BCUT2D eigenvalue weighted by Gasteiger charge is 2.12. The number of carbonyl (C=O) groups is 1. The minimum atomic E-state index is -0.605. The van der Waals surface area contributed by atoms with Crippen LogP contribution in [0.2, 0.25) is 10.0 Å². The SMILES string of the molecule is CCNC(=NCc1ccc(C(N)=O)o1)NC(C)c1ccc(Cl)cc1Cl. The van der Waals surface area contributed by atoms with Gasteiger partial charge in [-0.05, 0) is 43.7 Å². The van der Waals surface area contributed by atoms with Gasteiger partial charge in [-0.3, -0.25) is 4.79 Å². The van der Waals surface area contributed by atoms with E-state index in [1.807, 2.05) is 19.9 Å². The van der Waals surface area contributed by atoms with E-state index in [0.717, 1.165) is 5.56 Å². The Labute approximate surface area is 156 Å². The van der Waals surface area contributed by atoms with Crippen LogP contribution in [0.1, 0.15) is 41.8 Å². The number of benzene rings is 1. The predicted molar refractivity (Wildman–Crippen MR) is 100 cm³/mol. The maximum atomic E-state index is 11.1. The number of amides is 1. The topological polar surface area (TPSA) is 92.6 Å². The van der Waals surface area contributed by atoms with Crippen molar-refractivity contribution in [3.05, 3.63) is 57.5 Å². The number of carbonyl (C=O) groups excluding carboxylic acids is 1. The number of aliphatic imine (C=N–C) groups is 1. The first-order valence-corrected chi connectivity index (χ1v) is 8.54. The molecule has 2 aromatic rings. The van der Waals surface area contributed by atoms with Crippen molar-refractivity contribution in [3.63, 3.8) is 0 Å². The zero-order valence-electron chi connectivity index (χ0n) is 14.0. The van der Waals surface area contributed by atoms with Crippen molar-refractivity contribution < 1.29 is 9.21 Å². The first-order chi connectivity index (χ1) is 11.9. The standard InChI is InChI=1S/C17H20Cl2N4O2/c1-3-21-17(22-9-12-5-7-15(25-12)16(20)24)23-10(2)13-6-4-11(18)8-14(13)19/h4-8,10H,3,9H2,1-2H3,(H2,20,24)(H2,21,22,23). The summed E-state index contributed by atoms with van der Waals surface area (Å²) < 4.78 is 5.32. The number of nitrogens with one attached hydrogen (secondary N) is 2. The van der Waals surface area contributed by atoms with Crippen molar-refractivity contribution in [2.45, 2.75) is 26.4 Å². The number of rotatable bonds is 6. The van der Waals surface area contributed by atoms with Gasteiger partial charge in [-0.1, -0.05) is 29.3 Å². The van der Waals surface area contributed by atoms with Crippen LogP contribution in [0.4, 0.5) is 0 Å². The van der Waals surface area contributed by atoms with Crippen molar-refractivity contribution in [1.82, 2.24) is 10.6 Å². The molecule has 0 spiro atoms. The molecule has 2 rings (SSSR count). The van der Waals surface area contributed by atoms with E-state index in [1.165, 1.54) is 6.07 Å². The number of guanidine groups is 1. The van der Waals surface area contributed by atoms with E-state index in [4.69, 9.17) is 33.4 Å². The minimum absolute atomic E-state index is 0.0830. The van der Waals surface area contributed by atoms with E-state index < -0.39 is 5.91 Å². The molecule has 0 saturated heterocycles. The molecule has 1 aromatic heterocycles. The molecule has 0 bridgehead atoms. The van der Waals surface area contributed by atoms with Crippen LogP contribution in [0, 0.1) is 0 Å². The Morgan fingerprint density at radius 3 is 2.68 bits per heavy atom. The second-order valence-electron chi connectivity index (χ2n) is 5.36. The number of primary amides is 1. The van der Waals surface area contributed by atoms with E-state index in [2.05, 4.69) is 15.6 Å². The van der Waals surface area contributed by atoms with Gasteiger partial charge >= 0.3 is 0 Å². The summed E-state index contributed by atoms with van der Waals surface area (Å²) in [6.07, 6.45) is 0. The molecule has 0 radical (unpaired) electrons. The van der Waals surface area contributed by atoms with Crippen molar-refractivity contribution in [1.29, 1.82) is 0 Å². The number of nitrogens with two attached hydrogens (primary N) is 1. The number of nitrogens with zero attached hydrogens (tertiary/aromatic N) is 1. The molecule has 0 saturated carbocycles. The molecule has 8 heteroatoms. The quantitative estimate of drug-likeness (QED) is 0.526. The first-order valence-electron chi connectivity index (χ1n) is 7.79. The molecular weight excluding hydrogens is 363 g/mol. The zero-order chi connectivity index (χ0) is 18.4. The average Bonchev–Trinajstić information content (AvgIpc) is 3.02. The van der Waals surface area contributed by atoms with Gasteiger partial charge in [-0.25, -0.2) is 4.99 Å². The van der Waals surface area contributed by atoms with Gasteiger partial charge in [0.1, 0.15) is 12.3 Å². The van der Waals surface area contributed by atoms with Gasteiger partial charge in [0.25, 0.3) is 5.91 Å². The van der Waals surface area contributed by atoms with Gasteiger partial charge in [-0.2, -0.15) is 0 Å². The van der Waals surface area contributed by atoms with E-state index in [-0.39, 0.29) is 18.3 Å². The molecule has 1 heterocycles. The second kappa shape index (κ2) is 8.78. The lowest BCUT2D eigenvalue weighted by Gasteiger charge is -2.19. The number of furan rings is 1. The lowest BCUT2D eigenvalue weighted by Crippen LogP contribution is -2.38. The molecule has 0 aliphatic carbocycles. The molecule has 1 amide bonds. The van der Waals surface area contributed by atoms with Crippen LogP contribution in [-0.4, -0.2) is 18.4 Å². The molecule has 1 unspecified atom stereocenters. The molecule has 4 N–H and O–H groups in total. The summed E-state index contributed by atoms with van der Waals surface area (Å²) in [4.78, 5) is 15.5. The molecule has 0 aliphatic rings. The highest BCUT2D eigenvalue weighted by molar-refractivity contribution is 6.35. The van der Waals surface area contributed by atoms with Gasteiger partial charge in [0.2, 0.25) is 0 Å². The average molecular weight is 383 g/mol. The van der Waals surface area contributed by atoms with Gasteiger partial charge in [0.15, 0.2) is 11.7 Å². The van der Waals surface area contributed by atoms with E-state index in [0.29, 0.717) is 28.3 Å². The molecule has 0 fully saturated rings. The van der Waals surface area contributed by atoms with E-state index in [1.54, 1.807) is 18.2 Å². The Morgan fingerprint density at radius 1 is 1.32 bits per heavy atom. The lowest BCUT2D eigenvalue weighted by atomic mass is 10.1. The Bertz CT molecular complexity index is 774. The molecule has 1 aromatic carbocycles. The Morgan fingerprint density at radius 2 is 2.08 bits per heavy atom. The van der Waals surface area contributed by atoms with Crippen molar-refractivity contribution in [2.24, 2.45) is 10.7 Å². The molecule has 0 aliphatic heterocycles. The van der Waals surface area contributed by atoms with Crippen LogP contribution in [0.15, 0.2) is 39.7 Å². The summed E-state index contributed by atoms with van der Waals surface area (Å²) in [6.45, 7) is 4.90. The van der Waals surface area contributed by atoms with E-state index in [9.17, 15) is 4.79 Å². The monoisotopic (exact) mass is 382 g/mol. The van der Waals surface area contributed by atoms with Crippen LogP contribution >= 0.6 is 23.2 Å². The maximum Gasteiger partial charge on any atom is 0.284 e. The number of hydrogen-bond acceptors (Lipinski definition) is 3. The normalized spacial score (nSPS) is 12.7. The van der Waals surface area contributed by atoms with Crippen LogP contribution in [0.5, 0.6) is 0 Å². The number of halogens is 2. The third kappa shape index (κ3) is 5.41. The smallest absolute Gasteiger partial charge is 0.284 e. The lowest BCUT2D eigenvalue weighted by molar-refractivity contribution is 0.0972. The summed E-state index contributed by atoms with van der Waals surface area (Å²) in [7, 11) is 0. The summed E-state index contributed by atoms with van der Waals surface area (Å²) in [5, 5.41) is 7.59. The Balaban J connectivity index is 2.09. The van der Waals surface area contributed by atoms with Crippen LogP contribution in [-0.2, 0) is 6.54 Å². The summed E-state index contributed by atoms with van der Waals surface area (Å²) in [5.41, 5.74) is 6.08. The predicted octanol–water partition coefficient (Wildman–Crippen LogP) is 3.50. The highest BCUT2D eigenvalue weighted by atomic mass is 35.5. The van der Waals surface area contributed by atoms with Crippen LogP contribution in [0.3, 0.4) is 0 Å². The molecular formula is C17H20Cl2N4O2. The largest absolute Gasteiger partial charge is 0.454 e. The van der Waals surface area contributed by atoms with Gasteiger partial charge in [-0.15, -0.1) is 0 Å². The highest BCUT2D eigenvalue weighted by Crippen LogP contribution is 2.26. The number of hydrogen-bond donors (Lipinski definition) is 3. The van der Waals surface area contributed by atoms with Gasteiger partial charge < -0.3 is 20.8 Å². The minimum Gasteiger partial charge on any atom is -0.454 e. The van der Waals surface area contributed by atoms with Gasteiger partial charge in [0, 0.05) is 16.6 Å². The third-order valence-corrected chi connectivity index (χ3v) is 3.99. The summed E-state index contributed by atoms with van der Waals surface area (Å²) >= 11 is 12.2. The fourth-order valence-corrected chi connectivity index (χ4v) is 2.78. The maximum absolute atomic E-state index is 11.1. The Hall–Kier alpha value is -2.18.